The Balaban J connectivity index is 2.01. The van der Waals surface area contributed by atoms with Crippen molar-refractivity contribution in [3.63, 3.8) is 0 Å². The predicted molar refractivity (Wildman–Crippen MR) is 88.7 cm³/mol. The van der Waals surface area contributed by atoms with Gasteiger partial charge in [-0.1, -0.05) is 61.7 Å². The second kappa shape index (κ2) is 6.89. The molecule has 0 aliphatic heterocycles. The summed E-state index contributed by atoms with van der Waals surface area (Å²) in [6.45, 7) is 0. The third-order valence-electron chi connectivity index (χ3n) is 2.91. The van der Waals surface area contributed by atoms with Crippen LogP contribution >= 0.6 is 43.5 Å². The minimum absolute atomic E-state index is 0.0693. The van der Waals surface area contributed by atoms with Gasteiger partial charge in [0.15, 0.2) is 0 Å². The van der Waals surface area contributed by atoms with Crippen molar-refractivity contribution < 1.29 is 0 Å². The van der Waals surface area contributed by atoms with E-state index in [2.05, 4.69) is 44.0 Å². The molecule has 0 spiro atoms. The molecule has 2 aromatic rings. The van der Waals surface area contributed by atoms with Crippen LogP contribution in [0.25, 0.3) is 0 Å². The molecule has 0 aliphatic rings. The molecule has 1 unspecified atom stereocenters. The highest BCUT2D eigenvalue weighted by atomic mass is 79.9. The van der Waals surface area contributed by atoms with Crippen molar-refractivity contribution in [3.05, 3.63) is 67.6 Å². The topological polar surface area (TPSA) is 26.0 Å². The van der Waals surface area contributed by atoms with Gasteiger partial charge in [-0.3, -0.25) is 0 Å². The molecule has 0 saturated heterocycles. The van der Waals surface area contributed by atoms with Gasteiger partial charge in [0.2, 0.25) is 0 Å². The van der Waals surface area contributed by atoms with E-state index in [4.69, 9.17) is 17.3 Å². The fourth-order valence-electron chi connectivity index (χ4n) is 1.97. The highest BCUT2D eigenvalue weighted by Crippen LogP contribution is 2.23. The van der Waals surface area contributed by atoms with Crippen molar-refractivity contribution in [1.82, 2.24) is 0 Å². The Labute approximate surface area is 135 Å². The quantitative estimate of drug-likeness (QED) is 0.766. The van der Waals surface area contributed by atoms with Crippen LogP contribution in [0, 0.1) is 0 Å². The monoisotopic (exact) mass is 401 g/mol. The average molecular weight is 404 g/mol. The summed E-state index contributed by atoms with van der Waals surface area (Å²) in [7, 11) is 0. The van der Waals surface area contributed by atoms with E-state index in [1.54, 1.807) is 0 Å². The number of nitrogens with two attached hydrogens (primary N) is 1. The van der Waals surface area contributed by atoms with Gasteiger partial charge in [0.1, 0.15) is 0 Å². The summed E-state index contributed by atoms with van der Waals surface area (Å²) in [5, 5.41) is 0.764. The molecular weight excluding hydrogens is 389 g/mol. The highest BCUT2D eigenvalue weighted by Gasteiger charge is 2.08. The average Bonchev–Trinajstić information content (AvgIpc) is 2.36. The van der Waals surface area contributed by atoms with Crippen molar-refractivity contribution in [3.8, 4) is 0 Å². The highest BCUT2D eigenvalue weighted by molar-refractivity contribution is 9.10. The van der Waals surface area contributed by atoms with Gasteiger partial charge >= 0.3 is 0 Å². The molecule has 1 nitrogen and oxygen atoms in total. The lowest BCUT2D eigenvalue weighted by molar-refractivity contribution is 0.665. The first-order chi connectivity index (χ1) is 9.04. The molecule has 1 atom stereocenters. The minimum atomic E-state index is 0.0693. The molecule has 0 bridgehead atoms. The van der Waals surface area contributed by atoms with Gasteiger partial charge < -0.3 is 5.73 Å². The normalized spacial score (nSPS) is 12.4. The van der Waals surface area contributed by atoms with Crippen LogP contribution in [-0.4, -0.2) is 6.04 Å². The molecule has 0 radical (unpaired) electrons. The smallest absolute Gasteiger partial charge is 0.0449 e. The SMILES string of the molecule is NC(Cc1ccc(Br)cc1)Cc1ccc(Br)cc1Cl. The van der Waals surface area contributed by atoms with E-state index >= 15 is 0 Å². The van der Waals surface area contributed by atoms with E-state index in [-0.39, 0.29) is 6.04 Å². The fourth-order valence-corrected chi connectivity index (χ4v) is 2.98. The van der Waals surface area contributed by atoms with E-state index < -0.39 is 0 Å². The van der Waals surface area contributed by atoms with Crippen LogP contribution in [0.1, 0.15) is 11.1 Å². The van der Waals surface area contributed by atoms with Crippen LogP contribution in [0.3, 0.4) is 0 Å². The Morgan fingerprint density at radius 3 is 2.21 bits per heavy atom. The second-order valence-electron chi connectivity index (χ2n) is 4.53. The Morgan fingerprint density at radius 2 is 1.58 bits per heavy atom. The zero-order chi connectivity index (χ0) is 13.8. The standard InChI is InChI=1S/C15H14Br2ClN/c16-12-4-1-10(2-5-12)7-14(19)8-11-3-6-13(17)9-15(11)18/h1-6,9,14H,7-8,19H2. The predicted octanol–water partition coefficient (Wildman–Crippen LogP) is 4.98. The molecule has 4 heteroatoms. The van der Waals surface area contributed by atoms with Crippen molar-refractivity contribution >= 4 is 43.5 Å². The number of hydrogen-bond acceptors (Lipinski definition) is 1. The molecule has 2 rings (SSSR count). The molecule has 0 aliphatic carbocycles. The molecule has 0 aromatic heterocycles. The lowest BCUT2D eigenvalue weighted by Crippen LogP contribution is -2.25. The first-order valence-electron chi connectivity index (χ1n) is 5.98. The van der Waals surface area contributed by atoms with Gasteiger partial charge in [0, 0.05) is 20.0 Å². The second-order valence-corrected chi connectivity index (χ2v) is 6.77. The summed E-state index contributed by atoms with van der Waals surface area (Å²) in [6.07, 6.45) is 1.63. The zero-order valence-corrected chi connectivity index (χ0v) is 14.2. The first-order valence-corrected chi connectivity index (χ1v) is 7.95. The maximum Gasteiger partial charge on any atom is 0.0449 e. The van der Waals surface area contributed by atoms with Gasteiger partial charge in [0.25, 0.3) is 0 Å². The van der Waals surface area contributed by atoms with E-state index in [1.165, 1.54) is 5.56 Å². The molecule has 0 amide bonds. The van der Waals surface area contributed by atoms with E-state index in [0.29, 0.717) is 0 Å². The lowest BCUT2D eigenvalue weighted by Gasteiger charge is -2.13. The molecule has 0 heterocycles. The van der Waals surface area contributed by atoms with Crippen LogP contribution in [0.5, 0.6) is 0 Å². The maximum absolute atomic E-state index is 6.21. The third-order valence-corrected chi connectivity index (χ3v) is 4.28. The molecular formula is C15H14Br2ClN. The maximum atomic E-state index is 6.21. The Kier molecular flexibility index (Phi) is 5.46. The van der Waals surface area contributed by atoms with Crippen molar-refractivity contribution in [2.45, 2.75) is 18.9 Å². The zero-order valence-electron chi connectivity index (χ0n) is 10.2. The summed E-state index contributed by atoms with van der Waals surface area (Å²) in [5.74, 6) is 0. The summed E-state index contributed by atoms with van der Waals surface area (Å²) in [5.41, 5.74) is 8.53. The summed E-state index contributed by atoms with van der Waals surface area (Å²) < 4.78 is 2.07. The van der Waals surface area contributed by atoms with Gasteiger partial charge in [-0.15, -0.1) is 0 Å². The molecule has 2 aromatic carbocycles. The number of rotatable bonds is 4. The van der Waals surface area contributed by atoms with Gasteiger partial charge in [-0.25, -0.2) is 0 Å². The molecule has 0 fully saturated rings. The summed E-state index contributed by atoms with van der Waals surface area (Å²) in [6, 6.07) is 14.2. The molecule has 0 saturated carbocycles. The first kappa shape index (κ1) is 15.0. The van der Waals surface area contributed by atoms with Gasteiger partial charge in [-0.05, 0) is 48.2 Å². The number of hydrogen-bond donors (Lipinski definition) is 1. The van der Waals surface area contributed by atoms with Crippen LogP contribution < -0.4 is 5.73 Å². The largest absolute Gasteiger partial charge is 0.327 e. The van der Waals surface area contributed by atoms with Crippen LogP contribution in [-0.2, 0) is 12.8 Å². The Morgan fingerprint density at radius 1 is 0.947 bits per heavy atom. The van der Waals surface area contributed by atoms with Gasteiger partial charge in [0.05, 0.1) is 0 Å². The van der Waals surface area contributed by atoms with Crippen LogP contribution in [0.4, 0.5) is 0 Å². The van der Waals surface area contributed by atoms with Crippen molar-refractivity contribution in [2.75, 3.05) is 0 Å². The minimum Gasteiger partial charge on any atom is -0.327 e. The Hall–Kier alpha value is -0.350. The number of halogens is 3. The lowest BCUT2D eigenvalue weighted by atomic mass is 10.00. The molecule has 2 N–H and O–H groups in total. The fraction of sp³-hybridized carbons (Fsp3) is 0.200. The summed E-state index contributed by atoms with van der Waals surface area (Å²) in [4.78, 5) is 0. The number of benzene rings is 2. The molecule has 100 valence electrons. The van der Waals surface area contributed by atoms with E-state index in [0.717, 1.165) is 32.4 Å². The Bertz CT molecular complexity index is 555. The van der Waals surface area contributed by atoms with Gasteiger partial charge in [-0.2, -0.15) is 0 Å². The van der Waals surface area contributed by atoms with E-state index in [1.807, 2.05) is 30.3 Å². The third kappa shape index (κ3) is 4.60. The molecule has 19 heavy (non-hydrogen) atoms. The van der Waals surface area contributed by atoms with Crippen molar-refractivity contribution in [2.24, 2.45) is 5.73 Å². The van der Waals surface area contributed by atoms with Crippen molar-refractivity contribution in [1.29, 1.82) is 0 Å². The van der Waals surface area contributed by atoms with Crippen LogP contribution in [0.2, 0.25) is 5.02 Å². The van der Waals surface area contributed by atoms with Crippen LogP contribution in [0.15, 0.2) is 51.4 Å². The summed E-state index contributed by atoms with van der Waals surface area (Å²) >= 11 is 13.0. The van der Waals surface area contributed by atoms with E-state index in [9.17, 15) is 0 Å².